The van der Waals surface area contributed by atoms with Gasteiger partial charge in [0.2, 0.25) is 0 Å². The number of pyridine rings is 2. The molecule has 0 spiro atoms. The molecule has 4 aromatic rings. The lowest BCUT2D eigenvalue weighted by Crippen LogP contribution is -2.44. The van der Waals surface area contributed by atoms with Crippen LogP contribution >= 0.6 is 0 Å². The maximum Gasteiger partial charge on any atom is 0.169 e. The molecule has 1 aliphatic heterocycles. The number of anilines is 2. The Balaban J connectivity index is 1.34. The molecule has 1 fully saturated rings. The van der Waals surface area contributed by atoms with Gasteiger partial charge in [-0.25, -0.2) is 9.97 Å². The van der Waals surface area contributed by atoms with Crippen LogP contribution in [0.3, 0.4) is 0 Å². The molecule has 4 heterocycles. The zero-order valence-electron chi connectivity index (χ0n) is 20.3. The van der Waals surface area contributed by atoms with E-state index in [0.717, 1.165) is 59.8 Å². The SMILES string of the molecule is CN1CCN(c2cc(C(=O)Cc3cc4cc(-c5ccc(N(C)C)nc5)ccc4nn3)ccn2)CC1. The third kappa shape index (κ3) is 5.12. The van der Waals surface area contributed by atoms with Crippen molar-refractivity contribution in [2.45, 2.75) is 6.42 Å². The third-order valence-electron chi connectivity index (χ3n) is 6.41. The molecule has 1 saturated heterocycles. The quantitative estimate of drug-likeness (QED) is 0.400. The zero-order chi connectivity index (χ0) is 24.4. The maximum absolute atomic E-state index is 13.1. The Morgan fingerprint density at radius 2 is 1.71 bits per heavy atom. The summed E-state index contributed by atoms with van der Waals surface area (Å²) < 4.78 is 0. The number of Topliss-reactive ketones (excluding diaryl/α,β-unsaturated/α-hetero) is 1. The summed E-state index contributed by atoms with van der Waals surface area (Å²) in [5.74, 6) is 1.77. The van der Waals surface area contributed by atoms with Gasteiger partial charge in [0, 0.05) is 69.2 Å². The number of aromatic nitrogens is 4. The van der Waals surface area contributed by atoms with E-state index in [-0.39, 0.29) is 12.2 Å². The topological polar surface area (TPSA) is 78.4 Å². The molecule has 0 N–H and O–H groups in total. The summed E-state index contributed by atoms with van der Waals surface area (Å²) in [7, 11) is 6.06. The van der Waals surface area contributed by atoms with Crippen LogP contribution in [0.1, 0.15) is 16.1 Å². The van der Waals surface area contributed by atoms with Gasteiger partial charge in [0.25, 0.3) is 0 Å². The Morgan fingerprint density at radius 3 is 2.46 bits per heavy atom. The molecule has 8 nitrogen and oxygen atoms in total. The highest BCUT2D eigenvalue weighted by Gasteiger charge is 2.17. The van der Waals surface area contributed by atoms with Gasteiger partial charge >= 0.3 is 0 Å². The van der Waals surface area contributed by atoms with Gasteiger partial charge in [-0.15, -0.1) is 0 Å². The molecule has 0 bridgehead atoms. The number of hydrogen-bond donors (Lipinski definition) is 0. The summed E-state index contributed by atoms with van der Waals surface area (Å²) in [4.78, 5) is 28.6. The Bertz CT molecular complexity index is 1350. The Morgan fingerprint density at radius 1 is 0.914 bits per heavy atom. The second-order valence-electron chi connectivity index (χ2n) is 9.20. The predicted octanol–water partition coefficient (Wildman–Crippen LogP) is 3.33. The van der Waals surface area contributed by atoms with Crippen LogP contribution in [0.4, 0.5) is 11.6 Å². The fraction of sp³-hybridized carbons (Fsp3) is 0.296. The lowest BCUT2D eigenvalue weighted by atomic mass is 10.0. The minimum atomic E-state index is 0.0102. The highest BCUT2D eigenvalue weighted by atomic mass is 16.1. The van der Waals surface area contributed by atoms with Gasteiger partial charge in [-0.05, 0) is 55.1 Å². The molecule has 0 amide bonds. The number of hydrogen-bond acceptors (Lipinski definition) is 8. The fourth-order valence-corrected chi connectivity index (χ4v) is 4.24. The van der Waals surface area contributed by atoms with Crippen LogP contribution in [-0.2, 0) is 6.42 Å². The van der Waals surface area contributed by atoms with Crippen molar-refractivity contribution in [3.05, 3.63) is 72.2 Å². The first-order chi connectivity index (χ1) is 17.0. The van der Waals surface area contributed by atoms with E-state index >= 15 is 0 Å². The van der Waals surface area contributed by atoms with E-state index in [1.807, 2.05) is 55.5 Å². The number of nitrogens with zero attached hydrogens (tertiary/aromatic N) is 7. The molecule has 1 aromatic carbocycles. The highest BCUT2D eigenvalue weighted by molar-refractivity contribution is 5.98. The summed E-state index contributed by atoms with van der Waals surface area (Å²) in [5.41, 5.74) is 4.17. The van der Waals surface area contributed by atoms with Crippen LogP contribution in [-0.4, -0.2) is 78.2 Å². The first kappa shape index (κ1) is 22.9. The van der Waals surface area contributed by atoms with Gasteiger partial charge in [0.1, 0.15) is 11.6 Å². The molecule has 3 aromatic heterocycles. The Hall–Kier alpha value is -3.91. The lowest BCUT2D eigenvalue weighted by Gasteiger charge is -2.33. The number of piperazine rings is 1. The molecule has 35 heavy (non-hydrogen) atoms. The first-order valence-electron chi connectivity index (χ1n) is 11.8. The summed E-state index contributed by atoms with van der Waals surface area (Å²) in [6.07, 6.45) is 3.78. The summed E-state index contributed by atoms with van der Waals surface area (Å²) in [5, 5.41) is 9.60. The fourth-order valence-electron chi connectivity index (χ4n) is 4.24. The van der Waals surface area contributed by atoms with E-state index in [1.165, 1.54) is 0 Å². The van der Waals surface area contributed by atoms with Gasteiger partial charge in [-0.1, -0.05) is 6.07 Å². The van der Waals surface area contributed by atoms with Gasteiger partial charge in [0.05, 0.1) is 17.6 Å². The van der Waals surface area contributed by atoms with Crippen LogP contribution in [0, 0.1) is 0 Å². The number of benzene rings is 1. The number of fused-ring (bicyclic) bond motifs is 1. The molecule has 0 radical (unpaired) electrons. The second-order valence-corrected chi connectivity index (χ2v) is 9.20. The standard InChI is InChI=1S/C27H29N7O/c1-32(2)26-7-5-21(18-29-26)19-4-6-24-22(14-19)15-23(30-31-24)17-25(35)20-8-9-28-27(16-20)34-12-10-33(3)11-13-34/h4-9,14-16,18H,10-13,17H2,1-3H3. The molecule has 8 heteroatoms. The lowest BCUT2D eigenvalue weighted by molar-refractivity contribution is 0.0991. The first-order valence-corrected chi connectivity index (χ1v) is 11.8. The summed E-state index contributed by atoms with van der Waals surface area (Å²) in [6.45, 7) is 3.80. The number of likely N-dealkylation sites (N-methyl/N-ethyl adjacent to an activating group) is 1. The Labute approximate surface area is 205 Å². The van der Waals surface area contributed by atoms with E-state index in [4.69, 9.17) is 0 Å². The molecule has 0 saturated carbocycles. The largest absolute Gasteiger partial charge is 0.363 e. The molecule has 1 aliphatic rings. The molecular weight excluding hydrogens is 438 g/mol. The molecule has 0 atom stereocenters. The highest BCUT2D eigenvalue weighted by Crippen LogP contribution is 2.25. The van der Waals surface area contributed by atoms with E-state index in [9.17, 15) is 4.79 Å². The summed E-state index contributed by atoms with van der Waals surface area (Å²) >= 11 is 0. The average Bonchev–Trinajstić information content (AvgIpc) is 2.89. The number of carbonyl (C=O) groups is 1. The van der Waals surface area contributed by atoms with E-state index in [2.05, 4.69) is 49.1 Å². The molecule has 0 aliphatic carbocycles. The van der Waals surface area contributed by atoms with Gasteiger partial charge < -0.3 is 14.7 Å². The van der Waals surface area contributed by atoms with Crippen molar-refractivity contribution in [1.82, 2.24) is 25.1 Å². The van der Waals surface area contributed by atoms with Crippen LogP contribution in [0.15, 0.2) is 60.9 Å². The minimum absolute atomic E-state index is 0.0102. The van der Waals surface area contributed by atoms with Gasteiger partial charge in [-0.3, -0.25) is 4.79 Å². The smallest absolute Gasteiger partial charge is 0.169 e. The van der Waals surface area contributed by atoms with E-state index in [1.54, 1.807) is 12.3 Å². The maximum atomic E-state index is 13.1. The van der Waals surface area contributed by atoms with Crippen molar-refractivity contribution in [2.75, 3.05) is 57.1 Å². The van der Waals surface area contributed by atoms with Crippen molar-refractivity contribution in [3.8, 4) is 11.1 Å². The molecule has 178 valence electrons. The van der Waals surface area contributed by atoms with Crippen LogP contribution < -0.4 is 9.80 Å². The van der Waals surface area contributed by atoms with Crippen molar-refractivity contribution in [2.24, 2.45) is 0 Å². The Kier molecular flexibility index (Phi) is 6.37. The monoisotopic (exact) mass is 467 g/mol. The number of ketones is 1. The van der Waals surface area contributed by atoms with Crippen LogP contribution in [0.25, 0.3) is 22.0 Å². The second kappa shape index (κ2) is 9.76. The number of carbonyl (C=O) groups excluding carboxylic acids is 1. The van der Waals surface area contributed by atoms with Crippen molar-refractivity contribution in [1.29, 1.82) is 0 Å². The average molecular weight is 468 g/mol. The van der Waals surface area contributed by atoms with Crippen LogP contribution in [0.5, 0.6) is 0 Å². The normalized spacial score (nSPS) is 14.3. The van der Waals surface area contributed by atoms with E-state index in [0.29, 0.717) is 11.3 Å². The van der Waals surface area contributed by atoms with Gasteiger partial charge in [-0.2, -0.15) is 10.2 Å². The van der Waals surface area contributed by atoms with Crippen molar-refractivity contribution in [3.63, 3.8) is 0 Å². The van der Waals surface area contributed by atoms with Crippen LogP contribution in [0.2, 0.25) is 0 Å². The molecule has 5 rings (SSSR count). The molecular formula is C27H29N7O. The van der Waals surface area contributed by atoms with Crippen molar-refractivity contribution >= 4 is 28.3 Å². The zero-order valence-corrected chi connectivity index (χ0v) is 20.3. The third-order valence-corrected chi connectivity index (χ3v) is 6.41. The van der Waals surface area contributed by atoms with Crippen molar-refractivity contribution < 1.29 is 4.79 Å². The minimum Gasteiger partial charge on any atom is -0.363 e. The van der Waals surface area contributed by atoms with E-state index < -0.39 is 0 Å². The predicted molar refractivity (Wildman–Crippen MR) is 139 cm³/mol. The summed E-state index contributed by atoms with van der Waals surface area (Å²) in [6, 6.07) is 15.7. The molecule has 0 unspecified atom stereocenters. The number of rotatable bonds is 6. The van der Waals surface area contributed by atoms with Gasteiger partial charge in [0.15, 0.2) is 5.78 Å².